The van der Waals surface area contributed by atoms with Gasteiger partial charge >= 0.3 is 0 Å². The van der Waals surface area contributed by atoms with Crippen molar-refractivity contribution in [3.05, 3.63) is 29.3 Å². The molecule has 1 rings (SSSR count). The maximum absolute atomic E-state index is 5.41. The van der Waals surface area contributed by atoms with Gasteiger partial charge in [0, 0.05) is 17.6 Å². The highest BCUT2D eigenvalue weighted by atomic mass is 16.5. The van der Waals surface area contributed by atoms with Crippen molar-refractivity contribution in [2.75, 3.05) is 7.11 Å². The Bertz CT molecular complexity index is 364. The lowest BCUT2D eigenvalue weighted by Gasteiger charge is -2.22. The number of nitrogens with one attached hydrogen (secondary N) is 1. The monoisotopic (exact) mass is 235 g/mol. The summed E-state index contributed by atoms with van der Waals surface area (Å²) in [6.45, 7) is 11.8. The van der Waals surface area contributed by atoms with E-state index in [9.17, 15) is 0 Å². The van der Waals surface area contributed by atoms with Crippen LogP contribution in [0.5, 0.6) is 5.75 Å². The van der Waals surface area contributed by atoms with Gasteiger partial charge in [0.25, 0.3) is 0 Å². The summed E-state index contributed by atoms with van der Waals surface area (Å²) in [6.07, 6.45) is 0. The highest BCUT2D eigenvalue weighted by Gasteiger charge is 2.12. The maximum atomic E-state index is 5.41. The zero-order valence-electron chi connectivity index (χ0n) is 11.9. The van der Waals surface area contributed by atoms with Crippen molar-refractivity contribution in [3.8, 4) is 5.75 Å². The van der Waals surface area contributed by atoms with Crippen molar-refractivity contribution >= 4 is 0 Å². The van der Waals surface area contributed by atoms with E-state index in [0.29, 0.717) is 5.92 Å². The molecule has 0 amide bonds. The number of rotatable bonds is 4. The number of hydrogen-bond donors (Lipinski definition) is 1. The van der Waals surface area contributed by atoms with Gasteiger partial charge in [0.05, 0.1) is 7.11 Å². The van der Waals surface area contributed by atoms with Crippen LogP contribution in [-0.4, -0.2) is 12.6 Å². The van der Waals surface area contributed by atoms with Gasteiger partial charge in [0.1, 0.15) is 5.75 Å². The molecule has 2 heteroatoms. The number of hydrogen-bond acceptors (Lipinski definition) is 2. The summed E-state index contributed by atoms with van der Waals surface area (Å²) in [7, 11) is 1.73. The van der Waals surface area contributed by atoms with Crippen molar-refractivity contribution in [2.45, 2.75) is 52.6 Å². The van der Waals surface area contributed by atoms with Gasteiger partial charge < -0.3 is 10.1 Å². The topological polar surface area (TPSA) is 21.3 Å². The smallest absolute Gasteiger partial charge is 0.123 e. The van der Waals surface area contributed by atoms with Crippen LogP contribution in [0, 0.1) is 0 Å². The zero-order valence-corrected chi connectivity index (χ0v) is 11.9. The Morgan fingerprint density at radius 3 is 2.35 bits per heavy atom. The minimum absolute atomic E-state index is 0.124. The molecule has 0 aliphatic heterocycles. The first-order chi connectivity index (χ1) is 7.83. The van der Waals surface area contributed by atoms with E-state index in [2.05, 4.69) is 58.1 Å². The first-order valence-electron chi connectivity index (χ1n) is 6.25. The van der Waals surface area contributed by atoms with Crippen LogP contribution in [0.1, 0.15) is 51.7 Å². The van der Waals surface area contributed by atoms with E-state index in [1.165, 1.54) is 11.1 Å². The third kappa shape index (κ3) is 4.39. The molecule has 0 saturated heterocycles. The molecule has 1 aromatic rings. The van der Waals surface area contributed by atoms with Crippen molar-refractivity contribution in [2.24, 2.45) is 0 Å². The van der Waals surface area contributed by atoms with E-state index >= 15 is 0 Å². The van der Waals surface area contributed by atoms with Gasteiger partial charge in [-0.05, 0) is 38.3 Å². The molecule has 0 unspecified atom stereocenters. The summed E-state index contributed by atoms with van der Waals surface area (Å²) < 4.78 is 5.41. The molecule has 0 bridgehead atoms. The average molecular weight is 235 g/mol. The summed E-state index contributed by atoms with van der Waals surface area (Å²) in [6, 6.07) is 6.45. The highest BCUT2D eigenvalue weighted by molar-refractivity contribution is 5.38. The second kappa shape index (κ2) is 5.54. The van der Waals surface area contributed by atoms with Crippen molar-refractivity contribution < 1.29 is 4.74 Å². The second-order valence-electron chi connectivity index (χ2n) is 5.83. The van der Waals surface area contributed by atoms with Crippen molar-refractivity contribution in [3.63, 3.8) is 0 Å². The number of methoxy groups -OCH3 is 1. The molecule has 1 N–H and O–H groups in total. The van der Waals surface area contributed by atoms with Crippen LogP contribution >= 0.6 is 0 Å². The van der Waals surface area contributed by atoms with Gasteiger partial charge in [-0.1, -0.05) is 26.0 Å². The van der Waals surface area contributed by atoms with Gasteiger partial charge in [0.2, 0.25) is 0 Å². The van der Waals surface area contributed by atoms with Gasteiger partial charge in [-0.15, -0.1) is 0 Å². The largest absolute Gasteiger partial charge is 0.496 e. The van der Waals surface area contributed by atoms with Crippen LogP contribution in [0.25, 0.3) is 0 Å². The Kier molecular flexibility index (Phi) is 4.58. The minimum Gasteiger partial charge on any atom is -0.496 e. The molecule has 0 fully saturated rings. The molecule has 0 aliphatic rings. The van der Waals surface area contributed by atoms with Gasteiger partial charge in [0.15, 0.2) is 0 Å². The van der Waals surface area contributed by atoms with Crippen LogP contribution < -0.4 is 10.1 Å². The SMILES string of the molecule is COc1ccc(C(C)C)cc1CNC(C)(C)C. The third-order valence-corrected chi connectivity index (χ3v) is 2.78. The Hall–Kier alpha value is -1.02. The van der Waals surface area contributed by atoms with E-state index in [4.69, 9.17) is 4.74 Å². The Morgan fingerprint density at radius 1 is 1.24 bits per heavy atom. The molecule has 0 heterocycles. The second-order valence-corrected chi connectivity index (χ2v) is 5.83. The molecular weight excluding hydrogens is 210 g/mol. The zero-order chi connectivity index (χ0) is 13.1. The Balaban J connectivity index is 2.90. The lowest BCUT2D eigenvalue weighted by Crippen LogP contribution is -2.35. The standard InChI is InChI=1S/C15H25NO/c1-11(2)12-7-8-14(17-6)13(9-12)10-16-15(3,4)5/h7-9,11,16H,10H2,1-6H3. The molecule has 0 saturated carbocycles. The van der Waals surface area contributed by atoms with Gasteiger partial charge in [-0.25, -0.2) is 0 Å². The molecule has 96 valence electrons. The Morgan fingerprint density at radius 2 is 1.88 bits per heavy atom. The molecule has 1 aromatic carbocycles. The summed E-state index contributed by atoms with van der Waals surface area (Å²) in [5, 5.41) is 3.50. The summed E-state index contributed by atoms with van der Waals surface area (Å²) >= 11 is 0. The fraction of sp³-hybridized carbons (Fsp3) is 0.600. The predicted octanol–water partition coefficient (Wildman–Crippen LogP) is 3.71. The molecule has 0 radical (unpaired) electrons. The summed E-state index contributed by atoms with van der Waals surface area (Å²) in [5.41, 5.74) is 2.71. The van der Waals surface area contributed by atoms with Crippen molar-refractivity contribution in [1.82, 2.24) is 5.32 Å². The lowest BCUT2D eigenvalue weighted by atomic mass is 9.99. The van der Waals surface area contributed by atoms with E-state index in [0.717, 1.165) is 12.3 Å². The number of benzene rings is 1. The predicted molar refractivity (Wildman–Crippen MR) is 73.7 cm³/mol. The molecule has 0 atom stereocenters. The van der Waals surface area contributed by atoms with Crippen LogP contribution in [0.3, 0.4) is 0 Å². The van der Waals surface area contributed by atoms with Crippen LogP contribution in [0.4, 0.5) is 0 Å². The van der Waals surface area contributed by atoms with E-state index in [1.807, 2.05) is 0 Å². The van der Waals surface area contributed by atoms with E-state index in [1.54, 1.807) is 7.11 Å². The van der Waals surface area contributed by atoms with Crippen LogP contribution in [-0.2, 0) is 6.54 Å². The Labute approximate surface area is 105 Å². The molecule has 0 aliphatic carbocycles. The fourth-order valence-corrected chi connectivity index (χ4v) is 1.66. The normalized spacial score (nSPS) is 11.9. The average Bonchev–Trinajstić information content (AvgIpc) is 2.24. The quantitative estimate of drug-likeness (QED) is 0.859. The first kappa shape index (κ1) is 14.0. The fourth-order valence-electron chi connectivity index (χ4n) is 1.66. The third-order valence-electron chi connectivity index (χ3n) is 2.78. The summed E-state index contributed by atoms with van der Waals surface area (Å²) in [5.74, 6) is 1.51. The molecule has 2 nitrogen and oxygen atoms in total. The highest BCUT2D eigenvalue weighted by Crippen LogP contribution is 2.24. The summed E-state index contributed by atoms with van der Waals surface area (Å²) in [4.78, 5) is 0. The van der Waals surface area contributed by atoms with Crippen LogP contribution in [0.15, 0.2) is 18.2 Å². The van der Waals surface area contributed by atoms with E-state index in [-0.39, 0.29) is 5.54 Å². The van der Waals surface area contributed by atoms with Crippen molar-refractivity contribution in [1.29, 1.82) is 0 Å². The van der Waals surface area contributed by atoms with Gasteiger partial charge in [-0.3, -0.25) is 0 Å². The minimum atomic E-state index is 0.124. The van der Waals surface area contributed by atoms with E-state index < -0.39 is 0 Å². The van der Waals surface area contributed by atoms with Gasteiger partial charge in [-0.2, -0.15) is 0 Å². The first-order valence-corrected chi connectivity index (χ1v) is 6.25. The molecule has 0 aromatic heterocycles. The molecule has 17 heavy (non-hydrogen) atoms. The maximum Gasteiger partial charge on any atom is 0.123 e. The molecule has 0 spiro atoms. The molecular formula is C15H25NO. The van der Waals surface area contributed by atoms with Crippen LogP contribution in [0.2, 0.25) is 0 Å². The number of ether oxygens (including phenoxy) is 1. The lowest BCUT2D eigenvalue weighted by molar-refractivity contribution is 0.391.